The minimum absolute atomic E-state index is 0.0251. The lowest BCUT2D eigenvalue weighted by atomic mass is 9.80. The molecule has 35 heavy (non-hydrogen) atoms. The Balaban J connectivity index is 1.69. The minimum atomic E-state index is -5.05. The molecule has 2 N–H and O–H groups in total. The van der Waals surface area contributed by atoms with Crippen LogP contribution in [-0.4, -0.2) is 45.5 Å². The number of carboxylic acid groups (broad SMARTS) is 1. The van der Waals surface area contributed by atoms with Crippen molar-refractivity contribution in [3.8, 4) is 11.5 Å². The van der Waals surface area contributed by atoms with Crippen LogP contribution >= 0.6 is 11.6 Å². The fourth-order valence-corrected chi connectivity index (χ4v) is 3.72. The smallest absolute Gasteiger partial charge is 0.423 e. The summed E-state index contributed by atoms with van der Waals surface area (Å²) in [5, 5.41) is 19.7. The van der Waals surface area contributed by atoms with E-state index in [-0.39, 0.29) is 29.4 Å². The molecule has 1 aromatic heterocycles. The zero-order valence-electron chi connectivity index (χ0n) is 18.7. The maximum atomic E-state index is 14.0. The Kier molecular flexibility index (Phi) is 7.86. The molecule has 0 saturated carbocycles. The summed E-state index contributed by atoms with van der Waals surface area (Å²) in [4.78, 5) is 18.5. The number of nitrogens with zero attached hydrogens (tertiary/aromatic N) is 2. The van der Waals surface area contributed by atoms with Crippen molar-refractivity contribution in [2.45, 2.75) is 31.5 Å². The number of ether oxygens (including phenoxy) is 2. The van der Waals surface area contributed by atoms with Gasteiger partial charge >= 0.3 is 12.1 Å². The fraction of sp³-hybridized carbons (Fsp3) is 0.292. The maximum Gasteiger partial charge on any atom is 0.423 e. The average molecular weight is 511 g/mol. The van der Waals surface area contributed by atoms with Gasteiger partial charge in [-0.3, -0.25) is 9.97 Å². The van der Waals surface area contributed by atoms with Crippen molar-refractivity contribution in [2.75, 3.05) is 13.2 Å². The highest BCUT2D eigenvalue weighted by atomic mass is 35.5. The van der Waals surface area contributed by atoms with Gasteiger partial charge in [0.2, 0.25) is 5.60 Å². The second-order valence-electron chi connectivity index (χ2n) is 7.74. The highest BCUT2D eigenvalue weighted by molar-refractivity contribution is 6.31. The zero-order valence-corrected chi connectivity index (χ0v) is 19.5. The van der Waals surface area contributed by atoms with Gasteiger partial charge in [0, 0.05) is 17.1 Å². The molecule has 0 fully saturated rings. The van der Waals surface area contributed by atoms with Crippen molar-refractivity contribution in [3.63, 3.8) is 0 Å². The van der Waals surface area contributed by atoms with Crippen molar-refractivity contribution in [1.29, 1.82) is 0 Å². The first kappa shape index (κ1) is 26.2. The largest absolute Gasteiger partial charge is 0.490 e. The van der Waals surface area contributed by atoms with Gasteiger partial charge < -0.3 is 19.7 Å². The Morgan fingerprint density at radius 3 is 2.14 bits per heavy atom. The van der Waals surface area contributed by atoms with Gasteiger partial charge in [0.15, 0.2) is 0 Å². The van der Waals surface area contributed by atoms with Crippen molar-refractivity contribution in [2.24, 2.45) is 0 Å². The van der Waals surface area contributed by atoms with Crippen molar-refractivity contribution < 1.29 is 37.7 Å². The van der Waals surface area contributed by atoms with Gasteiger partial charge in [-0.25, -0.2) is 4.79 Å². The van der Waals surface area contributed by atoms with Crippen molar-refractivity contribution >= 4 is 17.6 Å². The lowest BCUT2D eigenvalue weighted by Crippen LogP contribution is -2.47. The Bertz CT molecular complexity index is 1170. The third kappa shape index (κ3) is 5.83. The van der Waals surface area contributed by atoms with E-state index in [1.165, 1.54) is 49.4 Å². The molecule has 0 saturated heterocycles. The summed E-state index contributed by atoms with van der Waals surface area (Å²) >= 11 is 6.27. The normalized spacial score (nSPS) is 14.1. The van der Waals surface area contributed by atoms with Crippen LogP contribution in [0.25, 0.3) is 0 Å². The Hall–Kier alpha value is -3.37. The number of hydrogen-bond acceptors (Lipinski definition) is 6. The van der Waals surface area contributed by atoms with E-state index in [4.69, 9.17) is 26.2 Å². The predicted molar refractivity (Wildman–Crippen MR) is 121 cm³/mol. The summed E-state index contributed by atoms with van der Waals surface area (Å²) in [6.45, 7) is 3.00. The first-order valence-electron chi connectivity index (χ1n) is 10.4. The number of aryl methyl sites for hydroxylation is 1. The lowest BCUT2D eigenvalue weighted by Gasteiger charge is -2.35. The second kappa shape index (κ2) is 10.5. The number of carboxylic acids is 1. The number of hydrogen-bond donors (Lipinski definition) is 2. The SMILES string of the molecule is Cc1cnc(C(O)(C(C)c2ccc(OCCOc3ccc(C(=O)O)cc3)cc2Cl)C(F)(F)F)cn1. The van der Waals surface area contributed by atoms with Crippen molar-refractivity contribution in [3.05, 3.63) is 82.4 Å². The molecule has 3 rings (SSSR count). The molecule has 0 amide bonds. The molecule has 11 heteroatoms. The van der Waals surface area contributed by atoms with E-state index in [9.17, 15) is 23.1 Å². The topological polar surface area (TPSA) is 102 Å². The van der Waals surface area contributed by atoms with Gasteiger partial charge in [-0.15, -0.1) is 0 Å². The van der Waals surface area contributed by atoms with E-state index in [1.54, 1.807) is 6.92 Å². The van der Waals surface area contributed by atoms with Gasteiger partial charge in [-0.2, -0.15) is 13.2 Å². The summed E-state index contributed by atoms with van der Waals surface area (Å²) in [6.07, 6.45) is -2.99. The summed E-state index contributed by atoms with van der Waals surface area (Å²) in [7, 11) is 0. The van der Waals surface area contributed by atoms with Crippen LogP contribution in [0.1, 0.15) is 40.2 Å². The van der Waals surface area contributed by atoms with Crippen LogP contribution < -0.4 is 9.47 Å². The second-order valence-corrected chi connectivity index (χ2v) is 8.15. The molecule has 7 nitrogen and oxygen atoms in total. The summed E-state index contributed by atoms with van der Waals surface area (Å²) < 4.78 is 53.1. The van der Waals surface area contributed by atoms with Gasteiger partial charge in [0.25, 0.3) is 0 Å². The number of rotatable bonds is 9. The van der Waals surface area contributed by atoms with Crippen LogP contribution in [0.2, 0.25) is 5.02 Å². The molecule has 186 valence electrons. The highest BCUT2D eigenvalue weighted by Crippen LogP contribution is 2.49. The molecule has 0 aliphatic carbocycles. The first-order valence-corrected chi connectivity index (χ1v) is 10.8. The number of aromatic carboxylic acids is 1. The van der Waals surface area contributed by atoms with Crippen LogP contribution in [0.5, 0.6) is 11.5 Å². The number of benzene rings is 2. The summed E-state index contributed by atoms with van der Waals surface area (Å²) in [5.74, 6) is -1.80. The Morgan fingerprint density at radius 2 is 1.63 bits per heavy atom. The van der Waals surface area contributed by atoms with E-state index in [0.717, 1.165) is 12.4 Å². The summed E-state index contributed by atoms with van der Waals surface area (Å²) in [6, 6.07) is 9.98. The van der Waals surface area contributed by atoms with Gasteiger partial charge in [-0.1, -0.05) is 24.6 Å². The first-order chi connectivity index (χ1) is 16.4. The Labute approximate surface area is 204 Å². The number of alkyl halides is 3. The van der Waals surface area contributed by atoms with E-state index in [1.807, 2.05) is 0 Å². The van der Waals surface area contributed by atoms with Crippen LogP contribution in [-0.2, 0) is 5.60 Å². The van der Waals surface area contributed by atoms with Gasteiger partial charge in [-0.05, 0) is 48.9 Å². The van der Waals surface area contributed by atoms with Gasteiger partial charge in [0.05, 0.1) is 17.5 Å². The third-order valence-corrected chi connectivity index (χ3v) is 5.72. The van der Waals surface area contributed by atoms with Crippen LogP contribution in [0.15, 0.2) is 54.9 Å². The number of aliphatic hydroxyl groups is 1. The number of halogens is 4. The molecule has 0 aliphatic heterocycles. The predicted octanol–water partition coefficient (Wildman–Crippen LogP) is 5.15. The third-order valence-electron chi connectivity index (χ3n) is 5.39. The molecule has 2 unspecified atom stereocenters. The highest BCUT2D eigenvalue weighted by Gasteiger charge is 2.60. The monoisotopic (exact) mass is 510 g/mol. The van der Waals surface area contributed by atoms with Crippen molar-refractivity contribution in [1.82, 2.24) is 9.97 Å². The lowest BCUT2D eigenvalue weighted by molar-refractivity contribution is -0.276. The summed E-state index contributed by atoms with van der Waals surface area (Å²) in [5.41, 5.74) is -3.36. The standard InChI is InChI=1S/C24H22ClF3N2O5/c1-14-12-30-21(13-29-14)23(33,24(26,27)28)15(2)19-8-7-18(11-20(19)25)35-10-9-34-17-5-3-16(4-6-17)22(31)32/h3-8,11-13,15,33H,9-10H2,1-2H3,(H,31,32). The molecule has 3 aromatic rings. The molecular weight excluding hydrogens is 489 g/mol. The number of carbonyl (C=O) groups is 1. The van der Waals surface area contributed by atoms with Gasteiger partial charge in [0.1, 0.15) is 30.4 Å². The molecule has 1 heterocycles. The van der Waals surface area contributed by atoms with E-state index in [2.05, 4.69) is 9.97 Å². The van der Waals surface area contributed by atoms with Crippen LogP contribution in [0.4, 0.5) is 13.2 Å². The fourth-order valence-electron chi connectivity index (χ4n) is 3.39. The molecule has 2 atom stereocenters. The molecule has 0 spiro atoms. The number of aromatic nitrogens is 2. The average Bonchev–Trinajstić information content (AvgIpc) is 2.81. The Morgan fingerprint density at radius 1 is 1.03 bits per heavy atom. The van der Waals surface area contributed by atoms with E-state index < -0.39 is 29.4 Å². The van der Waals surface area contributed by atoms with E-state index in [0.29, 0.717) is 17.2 Å². The molecule has 2 aromatic carbocycles. The van der Waals surface area contributed by atoms with E-state index >= 15 is 0 Å². The minimum Gasteiger partial charge on any atom is -0.490 e. The molecule has 0 aliphatic rings. The van der Waals surface area contributed by atoms with Crippen LogP contribution in [0.3, 0.4) is 0 Å². The molecular formula is C24H22ClF3N2O5. The molecule has 0 radical (unpaired) electrons. The zero-order chi connectivity index (χ0) is 25.8. The molecule has 0 bridgehead atoms. The maximum absolute atomic E-state index is 14.0. The van der Waals surface area contributed by atoms with Crippen LogP contribution in [0, 0.1) is 6.92 Å². The quantitative estimate of drug-likeness (QED) is 0.384.